The smallest absolute Gasteiger partial charge is 0.338 e. The lowest BCUT2D eigenvalue weighted by molar-refractivity contribution is -0.173. The van der Waals surface area contributed by atoms with Gasteiger partial charge in [0.2, 0.25) is 5.75 Å². The molecule has 1 saturated heterocycles. The number of methoxy groups -OCH3 is 5. The zero-order valence-corrected chi connectivity index (χ0v) is 25.0. The quantitative estimate of drug-likeness (QED) is 0.368. The summed E-state index contributed by atoms with van der Waals surface area (Å²) in [5.74, 6) is -0.722. The van der Waals surface area contributed by atoms with Gasteiger partial charge in [-0.15, -0.1) is 0 Å². The van der Waals surface area contributed by atoms with Crippen molar-refractivity contribution in [1.29, 1.82) is 0 Å². The SMILES string of the molecule is COc1ccc2c3c([nH]c2c1)C1CC2C(CC(OC(=O)c4cc(OC)c(OC)c(OC)c4)C(OC)C2C(=O)O)CN1CC3. The van der Waals surface area contributed by atoms with Crippen LogP contribution in [0.15, 0.2) is 30.3 Å². The van der Waals surface area contributed by atoms with Gasteiger partial charge in [0.15, 0.2) is 11.5 Å². The number of carbonyl (C=O) groups is 2. The zero-order valence-electron chi connectivity index (χ0n) is 25.0. The van der Waals surface area contributed by atoms with Crippen molar-refractivity contribution in [2.24, 2.45) is 17.8 Å². The number of hydrogen-bond acceptors (Lipinski definition) is 9. The number of nitrogens with zero attached hydrogens (tertiary/aromatic N) is 1. The average Bonchev–Trinajstić information content (AvgIpc) is 3.40. The second-order valence-electron chi connectivity index (χ2n) is 11.5. The second kappa shape index (κ2) is 11.6. The number of benzene rings is 2. The van der Waals surface area contributed by atoms with Crippen LogP contribution < -0.4 is 18.9 Å². The summed E-state index contributed by atoms with van der Waals surface area (Å²) in [6.07, 6.45) is 0.537. The van der Waals surface area contributed by atoms with E-state index in [4.69, 9.17) is 28.4 Å². The maximum absolute atomic E-state index is 13.4. The maximum Gasteiger partial charge on any atom is 0.338 e. The molecule has 1 saturated carbocycles. The van der Waals surface area contributed by atoms with Crippen molar-refractivity contribution in [3.63, 3.8) is 0 Å². The first-order valence-corrected chi connectivity index (χ1v) is 14.5. The highest BCUT2D eigenvalue weighted by Crippen LogP contribution is 2.50. The Morgan fingerprint density at radius 1 is 0.953 bits per heavy atom. The number of aromatic nitrogens is 1. The summed E-state index contributed by atoms with van der Waals surface area (Å²) < 4.78 is 33.4. The molecular weight excluding hydrogens is 556 g/mol. The molecule has 2 fully saturated rings. The van der Waals surface area contributed by atoms with Gasteiger partial charge in [-0.2, -0.15) is 0 Å². The van der Waals surface area contributed by atoms with E-state index in [-0.39, 0.29) is 23.4 Å². The molecule has 3 heterocycles. The van der Waals surface area contributed by atoms with Crippen molar-refractivity contribution in [3.05, 3.63) is 47.2 Å². The number of nitrogens with one attached hydrogen (secondary N) is 1. The van der Waals surface area contributed by atoms with Gasteiger partial charge in [0.1, 0.15) is 18.0 Å². The normalized spacial score (nSPS) is 26.5. The van der Waals surface area contributed by atoms with Crippen molar-refractivity contribution >= 4 is 22.8 Å². The number of piperidine rings is 1. The van der Waals surface area contributed by atoms with Crippen LogP contribution in [0.2, 0.25) is 0 Å². The number of carbonyl (C=O) groups excluding carboxylic acids is 1. The van der Waals surface area contributed by atoms with Gasteiger partial charge in [-0.05, 0) is 60.9 Å². The summed E-state index contributed by atoms with van der Waals surface area (Å²) in [5.41, 5.74) is 3.68. The van der Waals surface area contributed by atoms with E-state index in [9.17, 15) is 14.7 Å². The van der Waals surface area contributed by atoms with Crippen molar-refractivity contribution in [1.82, 2.24) is 9.88 Å². The number of carboxylic acid groups (broad SMARTS) is 1. The van der Waals surface area contributed by atoms with Crippen LogP contribution >= 0.6 is 0 Å². The first kappa shape index (κ1) is 29.1. The molecule has 2 N–H and O–H groups in total. The van der Waals surface area contributed by atoms with Gasteiger partial charge in [-0.25, -0.2) is 4.79 Å². The number of aliphatic carboxylic acids is 1. The van der Waals surface area contributed by atoms with Gasteiger partial charge in [-0.1, -0.05) is 0 Å². The minimum atomic E-state index is -0.943. The topological polar surface area (TPSA) is 129 Å². The van der Waals surface area contributed by atoms with E-state index in [0.29, 0.717) is 36.6 Å². The lowest BCUT2D eigenvalue weighted by Gasteiger charge is -2.52. The number of hydrogen-bond donors (Lipinski definition) is 2. The molecule has 230 valence electrons. The van der Waals surface area contributed by atoms with Gasteiger partial charge >= 0.3 is 11.9 Å². The fraction of sp³-hybridized carbons (Fsp3) is 0.500. The first-order chi connectivity index (χ1) is 20.8. The molecule has 11 heteroatoms. The van der Waals surface area contributed by atoms with Crippen molar-refractivity contribution < 1.29 is 43.1 Å². The van der Waals surface area contributed by atoms with E-state index in [1.807, 2.05) is 12.1 Å². The molecule has 6 rings (SSSR count). The molecule has 0 amide bonds. The highest BCUT2D eigenvalue weighted by Gasteiger charge is 2.54. The lowest BCUT2D eigenvalue weighted by atomic mass is 9.64. The molecule has 43 heavy (non-hydrogen) atoms. The molecular formula is C32H38N2O9. The zero-order chi connectivity index (χ0) is 30.4. The summed E-state index contributed by atoms with van der Waals surface area (Å²) in [4.78, 5) is 32.4. The van der Waals surface area contributed by atoms with Crippen LogP contribution in [-0.2, 0) is 20.7 Å². The molecule has 2 aliphatic heterocycles. The number of H-pyrrole nitrogens is 1. The van der Waals surface area contributed by atoms with Gasteiger partial charge < -0.3 is 38.5 Å². The van der Waals surface area contributed by atoms with E-state index >= 15 is 0 Å². The van der Waals surface area contributed by atoms with Gasteiger partial charge in [0, 0.05) is 42.9 Å². The van der Waals surface area contributed by atoms with Crippen molar-refractivity contribution in [2.75, 3.05) is 48.6 Å². The van der Waals surface area contributed by atoms with Crippen LogP contribution in [0.3, 0.4) is 0 Å². The van der Waals surface area contributed by atoms with E-state index in [0.717, 1.165) is 29.9 Å². The fourth-order valence-electron chi connectivity index (χ4n) is 7.64. The van der Waals surface area contributed by atoms with Gasteiger partial charge in [0.05, 0.1) is 46.0 Å². The molecule has 6 unspecified atom stereocenters. The van der Waals surface area contributed by atoms with Crippen LogP contribution in [0.1, 0.15) is 40.5 Å². The number of rotatable bonds is 8. The molecule has 0 radical (unpaired) electrons. The monoisotopic (exact) mass is 594 g/mol. The van der Waals surface area contributed by atoms with Crippen LogP contribution in [-0.4, -0.2) is 87.8 Å². The Morgan fingerprint density at radius 2 is 1.70 bits per heavy atom. The Balaban J connectivity index is 1.28. The van der Waals surface area contributed by atoms with Crippen LogP contribution in [0.25, 0.3) is 10.9 Å². The molecule has 1 aromatic heterocycles. The summed E-state index contributed by atoms with van der Waals surface area (Å²) in [5, 5.41) is 11.7. The third-order valence-corrected chi connectivity index (χ3v) is 9.57. The summed E-state index contributed by atoms with van der Waals surface area (Å²) >= 11 is 0. The molecule has 2 aromatic carbocycles. The average molecular weight is 595 g/mol. The Hall–Kier alpha value is -3.96. The van der Waals surface area contributed by atoms with E-state index in [1.54, 1.807) is 7.11 Å². The van der Waals surface area contributed by atoms with E-state index in [1.165, 1.54) is 51.5 Å². The summed E-state index contributed by atoms with van der Waals surface area (Å²) in [7, 11) is 7.57. The third kappa shape index (κ3) is 4.94. The summed E-state index contributed by atoms with van der Waals surface area (Å²) in [6.45, 7) is 1.59. The number of fused-ring (bicyclic) bond motifs is 6. The molecule has 1 aliphatic carbocycles. The van der Waals surface area contributed by atoms with Crippen LogP contribution in [0.5, 0.6) is 23.0 Å². The highest BCUT2D eigenvalue weighted by atomic mass is 16.6. The van der Waals surface area contributed by atoms with Crippen LogP contribution in [0, 0.1) is 17.8 Å². The van der Waals surface area contributed by atoms with Crippen molar-refractivity contribution in [3.8, 4) is 23.0 Å². The highest BCUT2D eigenvalue weighted by molar-refractivity contribution is 5.91. The number of aromatic amines is 1. The summed E-state index contributed by atoms with van der Waals surface area (Å²) in [6, 6.07) is 9.21. The molecule has 3 aliphatic rings. The number of ether oxygens (including phenoxy) is 6. The predicted octanol–water partition coefficient (Wildman–Crippen LogP) is 4.08. The third-order valence-electron chi connectivity index (χ3n) is 9.57. The van der Waals surface area contributed by atoms with Crippen LogP contribution in [0.4, 0.5) is 0 Å². The number of esters is 1. The molecule has 6 atom stereocenters. The minimum Gasteiger partial charge on any atom is -0.497 e. The minimum absolute atomic E-state index is 0.0208. The predicted molar refractivity (Wildman–Crippen MR) is 156 cm³/mol. The number of carboxylic acids is 1. The Morgan fingerprint density at radius 3 is 2.33 bits per heavy atom. The Labute approximate surface area is 249 Å². The van der Waals surface area contributed by atoms with E-state index in [2.05, 4.69) is 16.0 Å². The van der Waals surface area contributed by atoms with Gasteiger partial charge in [-0.3, -0.25) is 9.69 Å². The first-order valence-electron chi connectivity index (χ1n) is 14.5. The molecule has 0 spiro atoms. The fourth-order valence-corrected chi connectivity index (χ4v) is 7.64. The largest absolute Gasteiger partial charge is 0.497 e. The second-order valence-corrected chi connectivity index (χ2v) is 11.5. The lowest BCUT2D eigenvalue weighted by Crippen LogP contribution is -2.58. The molecule has 0 bridgehead atoms. The Bertz CT molecular complexity index is 1510. The molecule has 3 aromatic rings. The van der Waals surface area contributed by atoms with E-state index < -0.39 is 30.1 Å². The maximum atomic E-state index is 13.4. The van der Waals surface area contributed by atoms with Gasteiger partial charge in [0.25, 0.3) is 0 Å². The van der Waals surface area contributed by atoms with Crippen molar-refractivity contribution in [2.45, 2.75) is 37.5 Å². The standard InChI is InChI=1S/C32H38N2O9/c1-38-18-6-7-19-20-8-9-34-15-17-12-26(43-32(37)16-10-24(39-2)29(41-4)25(11-16)40-3)30(42-5)27(31(35)36)21(17)14-23(34)28(20)33-22(19)13-18/h6-7,10-11,13,17,21,23,26-27,30,33H,8-9,12,14-15H2,1-5H3,(H,35,36). The Kier molecular flexibility index (Phi) is 7.87. The molecule has 11 nitrogen and oxygen atoms in total.